The van der Waals surface area contributed by atoms with Crippen LogP contribution < -0.4 is 5.73 Å². The molecule has 1 heterocycles. The van der Waals surface area contributed by atoms with Gasteiger partial charge in [0.2, 0.25) is 0 Å². The molecule has 1 aromatic heterocycles. The van der Waals surface area contributed by atoms with Crippen LogP contribution in [0.1, 0.15) is 25.1 Å². The fourth-order valence-electron chi connectivity index (χ4n) is 0.699. The van der Waals surface area contributed by atoms with Crippen molar-refractivity contribution in [3.8, 4) is 6.07 Å². The minimum atomic E-state index is 0.455. The zero-order chi connectivity index (χ0) is 9.56. The molecule has 0 fully saturated rings. The number of aryl methyl sites for hydroxylation is 1. The molecule has 0 aliphatic carbocycles. The second kappa shape index (κ2) is 5.14. The van der Waals surface area contributed by atoms with Crippen molar-refractivity contribution < 1.29 is 0 Å². The van der Waals surface area contributed by atoms with Gasteiger partial charge in [-0.25, -0.2) is 4.98 Å². The zero-order valence-corrected chi connectivity index (χ0v) is 7.63. The maximum atomic E-state index is 8.48. The van der Waals surface area contributed by atoms with Crippen LogP contribution in [0.4, 0.5) is 5.82 Å². The molecule has 0 radical (unpaired) electrons. The molecule has 64 valence electrons. The Hall–Kier alpha value is -1.56. The van der Waals surface area contributed by atoms with Crippen LogP contribution in [0.15, 0.2) is 12.1 Å². The average molecular weight is 163 g/mol. The summed E-state index contributed by atoms with van der Waals surface area (Å²) in [6, 6.07) is 5.29. The van der Waals surface area contributed by atoms with Crippen molar-refractivity contribution in [3.05, 3.63) is 23.4 Å². The van der Waals surface area contributed by atoms with Crippen molar-refractivity contribution in [2.75, 3.05) is 5.73 Å². The highest BCUT2D eigenvalue weighted by atomic mass is 14.8. The van der Waals surface area contributed by atoms with Crippen molar-refractivity contribution in [1.82, 2.24) is 4.98 Å². The van der Waals surface area contributed by atoms with E-state index in [4.69, 9.17) is 11.0 Å². The Bertz CT molecular complexity index is 286. The van der Waals surface area contributed by atoms with Gasteiger partial charge in [0.25, 0.3) is 0 Å². The summed E-state index contributed by atoms with van der Waals surface area (Å²) in [5.74, 6) is 0.455. The van der Waals surface area contributed by atoms with Crippen LogP contribution in [0.3, 0.4) is 0 Å². The van der Waals surface area contributed by atoms with E-state index in [1.54, 1.807) is 19.1 Å². The highest BCUT2D eigenvalue weighted by molar-refractivity contribution is 5.39. The molecule has 0 saturated heterocycles. The molecule has 0 amide bonds. The zero-order valence-electron chi connectivity index (χ0n) is 7.63. The van der Waals surface area contributed by atoms with E-state index >= 15 is 0 Å². The van der Waals surface area contributed by atoms with Gasteiger partial charge in [0.1, 0.15) is 11.9 Å². The Morgan fingerprint density at radius 1 is 1.42 bits per heavy atom. The monoisotopic (exact) mass is 163 g/mol. The highest BCUT2D eigenvalue weighted by Gasteiger charge is 1.96. The van der Waals surface area contributed by atoms with Crippen LogP contribution in [0, 0.1) is 18.3 Å². The van der Waals surface area contributed by atoms with Crippen molar-refractivity contribution in [1.29, 1.82) is 5.26 Å². The Morgan fingerprint density at radius 2 is 2.00 bits per heavy atom. The SMILES string of the molecule is CC.Cc1nc(N)ccc1C#N. The Labute approximate surface area is 72.8 Å². The van der Waals surface area contributed by atoms with Gasteiger partial charge >= 0.3 is 0 Å². The number of nitrogens with zero attached hydrogens (tertiary/aromatic N) is 2. The molecule has 0 saturated carbocycles. The first-order valence-electron chi connectivity index (χ1n) is 3.87. The van der Waals surface area contributed by atoms with E-state index in [2.05, 4.69) is 4.98 Å². The molecule has 0 aliphatic rings. The maximum Gasteiger partial charge on any atom is 0.123 e. The van der Waals surface area contributed by atoms with Crippen molar-refractivity contribution >= 4 is 5.82 Å². The lowest BCUT2D eigenvalue weighted by Gasteiger charge is -1.95. The fourth-order valence-corrected chi connectivity index (χ4v) is 0.699. The predicted molar refractivity (Wildman–Crippen MR) is 49.4 cm³/mol. The first kappa shape index (κ1) is 10.4. The van der Waals surface area contributed by atoms with E-state index in [9.17, 15) is 0 Å². The number of nitriles is 1. The highest BCUT2D eigenvalue weighted by Crippen LogP contribution is 2.05. The summed E-state index contributed by atoms with van der Waals surface area (Å²) in [6.07, 6.45) is 0. The largest absolute Gasteiger partial charge is 0.384 e. The summed E-state index contributed by atoms with van der Waals surface area (Å²) in [6.45, 7) is 5.76. The van der Waals surface area contributed by atoms with Crippen LogP contribution in [-0.4, -0.2) is 4.98 Å². The maximum absolute atomic E-state index is 8.48. The van der Waals surface area contributed by atoms with E-state index in [1.807, 2.05) is 19.9 Å². The van der Waals surface area contributed by atoms with E-state index in [1.165, 1.54) is 0 Å². The van der Waals surface area contributed by atoms with Crippen LogP contribution in [0.25, 0.3) is 0 Å². The molecule has 3 heteroatoms. The molecule has 0 aliphatic heterocycles. The van der Waals surface area contributed by atoms with Crippen LogP contribution >= 0.6 is 0 Å². The number of nitrogens with two attached hydrogens (primary N) is 1. The first-order chi connectivity index (χ1) is 5.74. The van der Waals surface area contributed by atoms with Gasteiger partial charge in [0, 0.05) is 0 Å². The summed E-state index contributed by atoms with van der Waals surface area (Å²) in [5.41, 5.74) is 6.62. The van der Waals surface area contributed by atoms with Gasteiger partial charge in [0.15, 0.2) is 0 Å². The molecule has 0 aromatic carbocycles. The lowest BCUT2D eigenvalue weighted by atomic mass is 10.2. The van der Waals surface area contributed by atoms with Gasteiger partial charge in [0.05, 0.1) is 11.3 Å². The van der Waals surface area contributed by atoms with Crippen molar-refractivity contribution in [3.63, 3.8) is 0 Å². The van der Waals surface area contributed by atoms with E-state index < -0.39 is 0 Å². The molecular formula is C9H13N3. The summed E-state index contributed by atoms with van der Waals surface area (Å²) in [5, 5.41) is 8.48. The number of hydrogen-bond donors (Lipinski definition) is 1. The molecule has 1 rings (SSSR count). The fraction of sp³-hybridized carbons (Fsp3) is 0.333. The predicted octanol–water partition coefficient (Wildman–Crippen LogP) is 1.87. The molecular weight excluding hydrogens is 150 g/mol. The van der Waals surface area contributed by atoms with E-state index in [0.717, 1.165) is 0 Å². The number of nitrogen functional groups attached to an aromatic ring is 1. The lowest BCUT2D eigenvalue weighted by Crippen LogP contribution is -1.93. The van der Waals surface area contributed by atoms with Crippen LogP contribution in [-0.2, 0) is 0 Å². The molecule has 2 N–H and O–H groups in total. The molecule has 0 spiro atoms. The van der Waals surface area contributed by atoms with Gasteiger partial charge in [-0.3, -0.25) is 0 Å². The average Bonchev–Trinajstić information content (AvgIpc) is 2.08. The second-order valence-corrected chi connectivity index (χ2v) is 1.98. The summed E-state index contributed by atoms with van der Waals surface area (Å²) in [7, 11) is 0. The van der Waals surface area contributed by atoms with Gasteiger partial charge in [-0.1, -0.05) is 13.8 Å². The van der Waals surface area contributed by atoms with Gasteiger partial charge < -0.3 is 5.73 Å². The Morgan fingerprint density at radius 3 is 2.42 bits per heavy atom. The van der Waals surface area contributed by atoms with Gasteiger partial charge in [-0.05, 0) is 19.1 Å². The number of aromatic nitrogens is 1. The van der Waals surface area contributed by atoms with Crippen LogP contribution in [0.5, 0.6) is 0 Å². The first-order valence-corrected chi connectivity index (χ1v) is 3.87. The quantitative estimate of drug-likeness (QED) is 0.635. The summed E-state index contributed by atoms with van der Waals surface area (Å²) in [4.78, 5) is 3.90. The number of rotatable bonds is 0. The molecule has 1 aromatic rings. The smallest absolute Gasteiger partial charge is 0.123 e. The van der Waals surface area contributed by atoms with E-state index in [0.29, 0.717) is 17.1 Å². The number of hydrogen-bond acceptors (Lipinski definition) is 3. The topological polar surface area (TPSA) is 62.7 Å². The minimum Gasteiger partial charge on any atom is -0.384 e. The second-order valence-electron chi connectivity index (χ2n) is 1.98. The molecule has 3 nitrogen and oxygen atoms in total. The lowest BCUT2D eigenvalue weighted by molar-refractivity contribution is 1.19. The summed E-state index contributed by atoms with van der Waals surface area (Å²) < 4.78 is 0. The van der Waals surface area contributed by atoms with Gasteiger partial charge in [-0.15, -0.1) is 0 Å². The molecule has 12 heavy (non-hydrogen) atoms. The molecule has 0 atom stereocenters. The number of pyridine rings is 1. The van der Waals surface area contributed by atoms with Gasteiger partial charge in [-0.2, -0.15) is 5.26 Å². The number of anilines is 1. The van der Waals surface area contributed by atoms with Crippen molar-refractivity contribution in [2.24, 2.45) is 0 Å². The van der Waals surface area contributed by atoms with Crippen molar-refractivity contribution in [2.45, 2.75) is 20.8 Å². The minimum absolute atomic E-state index is 0.455. The molecule has 0 unspecified atom stereocenters. The normalized spacial score (nSPS) is 7.83. The van der Waals surface area contributed by atoms with E-state index in [-0.39, 0.29) is 0 Å². The Kier molecular flexibility index (Phi) is 4.47. The third kappa shape index (κ3) is 2.59. The van der Waals surface area contributed by atoms with Crippen LogP contribution in [0.2, 0.25) is 0 Å². The third-order valence-electron chi connectivity index (χ3n) is 1.23. The third-order valence-corrected chi connectivity index (χ3v) is 1.23. The summed E-state index contributed by atoms with van der Waals surface area (Å²) >= 11 is 0. The Balaban J connectivity index is 0.000000561. The molecule has 0 bridgehead atoms. The standard InChI is InChI=1S/C7H7N3.C2H6/c1-5-6(4-8)2-3-7(9)10-5;1-2/h2-3H,1H3,(H2,9,10);1-2H3.